The highest BCUT2D eigenvalue weighted by molar-refractivity contribution is 5.99. The molecule has 1 amide bonds. The van der Waals surface area contributed by atoms with Gasteiger partial charge in [-0.2, -0.15) is 0 Å². The van der Waals surface area contributed by atoms with Crippen LogP contribution in [0.2, 0.25) is 0 Å². The van der Waals surface area contributed by atoms with Gasteiger partial charge in [-0.3, -0.25) is 4.79 Å². The summed E-state index contributed by atoms with van der Waals surface area (Å²) in [5.74, 6) is 0.564. The van der Waals surface area contributed by atoms with E-state index in [0.717, 1.165) is 16.9 Å². The van der Waals surface area contributed by atoms with Gasteiger partial charge in [0, 0.05) is 11.4 Å². The first kappa shape index (κ1) is 15.6. The van der Waals surface area contributed by atoms with E-state index in [0.29, 0.717) is 5.92 Å². The fourth-order valence-electron chi connectivity index (χ4n) is 3.05. The molecule has 0 spiro atoms. The Hall–Kier alpha value is -2.29. The average molecular weight is 308 g/mol. The predicted molar refractivity (Wildman–Crippen MR) is 95.7 cm³/mol. The lowest BCUT2D eigenvalue weighted by atomic mass is 9.76. The number of anilines is 2. The highest BCUT2D eigenvalue weighted by Crippen LogP contribution is 2.43. The Morgan fingerprint density at radius 2 is 1.70 bits per heavy atom. The van der Waals surface area contributed by atoms with Crippen LogP contribution in [-0.4, -0.2) is 5.91 Å². The summed E-state index contributed by atoms with van der Waals surface area (Å²) in [5.41, 5.74) is 3.86. The molecule has 0 saturated carbocycles. The minimum atomic E-state index is -0.523. The molecule has 0 fully saturated rings. The Bertz CT molecular complexity index is 717. The minimum Gasteiger partial charge on any atom is -0.377 e. The van der Waals surface area contributed by atoms with Crippen molar-refractivity contribution in [3.05, 3.63) is 59.7 Å². The third-order valence-electron chi connectivity index (χ3n) is 4.72. The molecular formula is C20H24N2O. The first-order valence-electron chi connectivity index (χ1n) is 8.16. The molecule has 0 bridgehead atoms. The first-order chi connectivity index (χ1) is 10.9. The zero-order chi connectivity index (χ0) is 16.6. The summed E-state index contributed by atoms with van der Waals surface area (Å²) in [4.78, 5) is 12.5. The van der Waals surface area contributed by atoms with Gasteiger partial charge < -0.3 is 10.6 Å². The molecule has 0 saturated heterocycles. The van der Waals surface area contributed by atoms with E-state index >= 15 is 0 Å². The highest BCUT2D eigenvalue weighted by atomic mass is 16.2. The molecule has 120 valence electrons. The smallest absolute Gasteiger partial charge is 0.232 e. The van der Waals surface area contributed by atoms with Crippen molar-refractivity contribution in [3.63, 3.8) is 0 Å². The van der Waals surface area contributed by atoms with Gasteiger partial charge in [-0.15, -0.1) is 0 Å². The second-order valence-corrected chi connectivity index (χ2v) is 7.12. The van der Waals surface area contributed by atoms with Crippen molar-refractivity contribution in [3.8, 4) is 0 Å². The molecule has 0 radical (unpaired) electrons. The van der Waals surface area contributed by atoms with Crippen LogP contribution in [0.4, 0.5) is 11.4 Å². The van der Waals surface area contributed by atoms with Crippen LogP contribution in [0.25, 0.3) is 0 Å². The van der Waals surface area contributed by atoms with Gasteiger partial charge in [-0.05, 0) is 49.1 Å². The number of fused-ring (bicyclic) bond motifs is 1. The molecular weight excluding hydrogens is 284 g/mol. The summed E-state index contributed by atoms with van der Waals surface area (Å²) in [5, 5.41) is 6.57. The predicted octanol–water partition coefficient (Wildman–Crippen LogP) is 4.94. The molecule has 3 rings (SSSR count). The lowest BCUT2D eigenvalue weighted by molar-refractivity contribution is -0.125. The molecule has 2 N–H and O–H groups in total. The maximum Gasteiger partial charge on any atom is 0.232 e. The van der Waals surface area contributed by atoms with E-state index < -0.39 is 5.41 Å². The van der Waals surface area contributed by atoms with Crippen LogP contribution in [-0.2, 0) is 4.79 Å². The molecule has 23 heavy (non-hydrogen) atoms. The molecule has 3 nitrogen and oxygen atoms in total. The third kappa shape index (κ3) is 2.83. The highest BCUT2D eigenvalue weighted by Gasteiger charge is 2.42. The molecule has 2 aromatic carbocycles. The summed E-state index contributed by atoms with van der Waals surface area (Å²) < 4.78 is 0. The van der Waals surface area contributed by atoms with Crippen molar-refractivity contribution in [1.82, 2.24) is 0 Å². The Morgan fingerprint density at radius 1 is 1.04 bits per heavy atom. The molecule has 1 atom stereocenters. The number of nitrogens with one attached hydrogen (secondary N) is 2. The number of amides is 1. The Labute approximate surface area is 138 Å². The topological polar surface area (TPSA) is 41.1 Å². The van der Waals surface area contributed by atoms with Crippen LogP contribution in [0.3, 0.4) is 0 Å². The summed E-state index contributed by atoms with van der Waals surface area (Å²) in [6.07, 6.45) is 0. The van der Waals surface area contributed by atoms with Crippen LogP contribution in [0, 0.1) is 5.41 Å². The number of para-hydroxylation sites is 1. The molecule has 1 aliphatic heterocycles. The number of hydrogen-bond donors (Lipinski definition) is 2. The Kier molecular flexibility index (Phi) is 3.88. The van der Waals surface area contributed by atoms with Crippen molar-refractivity contribution in [2.75, 3.05) is 10.6 Å². The molecule has 0 aromatic heterocycles. The maximum absolute atomic E-state index is 12.5. The second-order valence-electron chi connectivity index (χ2n) is 7.12. The van der Waals surface area contributed by atoms with Crippen LogP contribution >= 0.6 is 0 Å². The fourth-order valence-corrected chi connectivity index (χ4v) is 3.05. The van der Waals surface area contributed by atoms with Crippen LogP contribution in [0.5, 0.6) is 0 Å². The van der Waals surface area contributed by atoms with Crippen molar-refractivity contribution in [2.45, 2.75) is 39.7 Å². The molecule has 2 aromatic rings. The van der Waals surface area contributed by atoms with Gasteiger partial charge in [0.25, 0.3) is 0 Å². The van der Waals surface area contributed by atoms with E-state index in [9.17, 15) is 4.79 Å². The Morgan fingerprint density at radius 3 is 2.35 bits per heavy atom. The number of benzene rings is 2. The van der Waals surface area contributed by atoms with Crippen molar-refractivity contribution in [1.29, 1.82) is 0 Å². The lowest BCUT2D eigenvalue weighted by Gasteiger charge is -2.39. The van der Waals surface area contributed by atoms with Gasteiger partial charge in [-0.1, -0.05) is 44.2 Å². The second kappa shape index (κ2) is 5.73. The van der Waals surface area contributed by atoms with Gasteiger partial charge in [-0.25, -0.2) is 0 Å². The molecule has 1 heterocycles. The minimum absolute atomic E-state index is 0.0486. The summed E-state index contributed by atoms with van der Waals surface area (Å²) >= 11 is 0. The lowest BCUT2D eigenvalue weighted by Crippen LogP contribution is -2.43. The van der Waals surface area contributed by atoms with E-state index in [2.05, 4.69) is 54.8 Å². The van der Waals surface area contributed by atoms with Crippen molar-refractivity contribution >= 4 is 17.3 Å². The molecule has 0 aliphatic carbocycles. The van der Waals surface area contributed by atoms with Crippen molar-refractivity contribution < 1.29 is 4.79 Å². The fraction of sp³-hybridized carbons (Fsp3) is 0.350. The average Bonchev–Trinajstić information content (AvgIpc) is 2.52. The van der Waals surface area contributed by atoms with Gasteiger partial charge in [0.15, 0.2) is 0 Å². The van der Waals surface area contributed by atoms with Crippen LogP contribution < -0.4 is 10.6 Å². The maximum atomic E-state index is 12.5. The van der Waals surface area contributed by atoms with Crippen LogP contribution in [0.1, 0.15) is 50.8 Å². The molecule has 3 heteroatoms. The zero-order valence-corrected chi connectivity index (χ0v) is 14.2. The third-order valence-corrected chi connectivity index (χ3v) is 4.72. The van der Waals surface area contributed by atoms with E-state index in [1.165, 1.54) is 5.56 Å². The number of hydrogen-bond acceptors (Lipinski definition) is 2. The van der Waals surface area contributed by atoms with E-state index in [-0.39, 0.29) is 11.9 Å². The molecule has 1 aliphatic rings. The zero-order valence-electron chi connectivity index (χ0n) is 14.2. The van der Waals surface area contributed by atoms with Gasteiger partial charge in [0.1, 0.15) is 0 Å². The SMILES string of the molecule is CC(C)c1ccc(NC2c3ccccc3NC(=O)C2(C)C)cc1. The summed E-state index contributed by atoms with van der Waals surface area (Å²) in [7, 11) is 0. The van der Waals surface area contributed by atoms with E-state index in [4.69, 9.17) is 0 Å². The van der Waals surface area contributed by atoms with Gasteiger partial charge >= 0.3 is 0 Å². The van der Waals surface area contributed by atoms with E-state index in [1.54, 1.807) is 0 Å². The van der Waals surface area contributed by atoms with Gasteiger partial charge in [0.05, 0.1) is 11.5 Å². The standard InChI is InChI=1S/C20H24N2O/c1-13(2)14-9-11-15(12-10-14)21-18-16-7-5-6-8-17(16)22-19(23)20(18,3)4/h5-13,18,21H,1-4H3,(H,22,23). The normalized spacial score (nSPS) is 19.2. The first-order valence-corrected chi connectivity index (χ1v) is 8.16. The van der Waals surface area contributed by atoms with Crippen molar-refractivity contribution in [2.24, 2.45) is 5.41 Å². The number of rotatable bonds is 3. The Balaban J connectivity index is 1.95. The van der Waals surface area contributed by atoms with Crippen LogP contribution in [0.15, 0.2) is 48.5 Å². The van der Waals surface area contributed by atoms with E-state index in [1.807, 2.05) is 32.0 Å². The monoisotopic (exact) mass is 308 g/mol. The quantitative estimate of drug-likeness (QED) is 0.843. The number of carbonyl (C=O) groups is 1. The number of carbonyl (C=O) groups excluding carboxylic acids is 1. The summed E-state index contributed by atoms with van der Waals surface area (Å²) in [6, 6.07) is 16.4. The molecule has 1 unspecified atom stereocenters. The summed E-state index contributed by atoms with van der Waals surface area (Å²) in [6.45, 7) is 8.34. The van der Waals surface area contributed by atoms with Gasteiger partial charge in [0.2, 0.25) is 5.91 Å². The largest absolute Gasteiger partial charge is 0.377 e.